The van der Waals surface area contributed by atoms with Gasteiger partial charge in [0.2, 0.25) is 0 Å². The molecule has 4 aromatic rings. The minimum absolute atomic E-state index is 0. The Morgan fingerprint density at radius 1 is 0.676 bits per heavy atom. The van der Waals surface area contributed by atoms with Crippen molar-refractivity contribution in [2.75, 3.05) is 7.05 Å². The van der Waals surface area contributed by atoms with Crippen molar-refractivity contribution in [3.05, 3.63) is 78.9 Å². The van der Waals surface area contributed by atoms with E-state index in [1.807, 2.05) is 27.7 Å². The van der Waals surface area contributed by atoms with Gasteiger partial charge in [-0.3, -0.25) is 0 Å². The number of phenols is 1. The third kappa shape index (κ3) is 11.7. The Bertz CT molecular complexity index is 1110. The van der Waals surface area contributed by atoms with Crippen LogP contribution in [0.3, 0.4) is 0 Å². The number of benzene rings is 4. The van der Waals surface area contributed by atoms with Gasteiger partial charge in [0.15, 0.2) is 5.75 Å². The van der Waals surface area contributed by atoms with E-state index in [0.29, 0.717) is 10.8 Å². The maximum atomic E-state index is 10.1. The average molecular weight is 531 g/mol. The fourth-order valence-corrected chi connectivity index (χ4v) is 3.51. The molecule has 7 heteroatoms. The van der Waals surface area contributed by atoms with E-state index in [1.54, 1.807) is 24.3 Å². The van der Waals surface area contributed by atoms with Crippen LogP contribution in [0.15, 0.2) is 94.0 Å². The molecule has 4 rings (SSSR count). The molecule has 0 saturated carbocycles. The number of phenolic OH excluding ortho intramolecular Hbond substituents is 1. The van der Waals surface area contributed by atoms with E-state index >= 15 is 0 Å². The van der Waals surface area contributed by atoms with Gasteiger partial charge in [-0.2, -0.15) is 10.2 Å². The van der Waals surface area contributed by atoms with Crippen LogP contribution in [0.2, 0.25) is 0 Å². The second-order valence-electron chi connectivity index (χ2n) is 6.96. The molecule has 0 fully saturated rings. The Hall–Kier alpha value is -2.97. The van der Waals surface area contributed by atoms with Gasteiger partial charge in [-0.15, -0.1) is 0 Å². The van der Waals surface area contributed by atoms with Gasteiger partial charge in [-0.25, -0.2) is 0 Å². The van der Waals surface area contributed by atoms with Crippen LogP contribution in [-0.4, -0.2) is 25.8 Å². The van der Waals surface area contributed by atoms with E-state index < -0.39 is 10.9 Å². The highest BCUT2D eigenvalue weighted by molar-refractivity contribution is 8.19. The minimum Gasteiger partial charge on any atom is -0.505 e. The van der Waals surface area contributed by atoms with Crippen molar-refractivity contribution in [3.8, 4) is 5.75 Å². The molecule has 37 heavy (non-hydrogen) atoms. The number of azo groups is 1. The Morgan fingerprint density at radius 2 is 1.05 bits per heavy atom. The number of fused-ring (bicyclic) bond motifs is 2. The number of hydrogen-bond donors (Lipinski definition) is 4. The first kappa shape index (κ1) is 36.2. The standard InChI is InChI=1S/C11H12N2O4S.C10H8.C4H10.2C2H6.CH4/c1-12-13-10-9(18(15,16)17)6-7-4-2-3-5-8(7)11(10)14;1-2-6-10-8-4-3-7-9(10)5-1;1-3-4-2;2*1-2;/h2-6,14-17H,1H3;1-8H;3-4H2,1-2H3;2*1-2H3;1H4. The van der Waals surface area contributed by atoms with Crippen LogP contribution in [0, 0.1) is 0 Å². The lowest BCUT2D eigenvalue weighted by atomic mass is 10.1. The van der Waals surface area contributed by atoms with E-state index in [9.17, 15) is 18.8 Å². The third-order valence-electron chi connectivity index (χ3n) is 4.61. The smallest absolute Gasteiger partial charge is 0.152 e. The summed E-state index contributed by atoms with van der Waals surface area (Å²) in [5.74, 6) is -0.247. The molecule has 0 bridgehead atoms. The van der Waals surface area contributed by atoms with Crippen molar-refractivity contribution < 1.29 is 18.8 Å². The van der Waals surface area contributed by atoms with Crippen molar-refractivity contribution in [1.29, 1.82) is 0 Å². The van der Waals surface area contributed by atoms with E-state index in [4.69, 9.17) is 0 Å². The maximum absolute atomic E-state index is 10.1. The highest BCUT2D eigenvalue weighted by atomic mass is 32.3. The Morgan fingerprint density at radius 3 is 1.41 bits per heavy atom. The molecule has 0 unspecified atom stereocenters. The van der Waals surface area contributed by atoms with Crippen LogP contribution in [0.25, 0.3) is 21.5 Å². The SMILES string of the molecule is C.CC.CC.CCCC.CN=Nc1c(S(O)(O)O)cc2ccccc2c1O.c1ccc2ccccc2c1. The Balaban J connectivity index is 0. The largest absolute Gasteiger partial charge is 0.505 e. The molecule has 0 radical (unpaired) electrons. The van der Waals surface area contributed by atoms with Gasteiger partial charge in [-0.05, 0) is 22.2 Å². The summed E-state index contributed by atoms with van der Waals surface area (Å²) >= 11 is 0. The molecule has 4 N–H and O–H groups in total. The first-order valence-corrected chi connectivity index (χ1v) is 13.8. The average Bonchev–Trinajstić information content (AvgIpc) is 2.92. The molecule has 6 nitrogen and oxygen atoms in total. The van der Waals surface area contributed by atoms with Crippen molar-refractivity contribution in [1.82, 2.24) is 0 Å². The summed E-state index contributed by atoms with van der Waals surface area (Å²) in [5, 5.41) is 20.9. The summed E-state index contributed by atoms with van der Waals surface area (Å²) in [4.78, 5) is -0.246. The fraction of sp³-hybridized carbons (Fsp3) is 0.333. The zero-order valence-corrected chi connectivity index (χ0v) is 23.3. The Labute approximate surface area is 225 Å². The van der Waals surface area contributed by atoms with Crippen molar-refractivity contribution in [2.45, 2.75) is 66.7 Å². The van der Waals surface area contributed by atoms with Gasteiger partial charge in [0, 0.05) is 12.4 Å². The van der Waals surface area contributed by atoms with Crippen molar-refractivity contribution in [2.24, 2.45) is 10.2 Å². The number of unbranched alkanes of at least 4 members (excludes halogenated alkanes) is 1. The lowest BCUT2D eigenvalue weighted by molar-refractivity contribution is 0.375. The predicted molar refractivity (Wildman–Crippen MR) is 164 cm³/mol. The molecular formula is C30H46N2O4S. The second-order valence-corrected chi connectivity index (χ2v) is 8.44. The molecule has 0 aliphatic carbocycles. The van der Waals surface area contributed by atoms with Crippen LogP contribution in [0.5, 0.6) is 5.75 Å². The highest BCUT2D eigenvalue weighted by Gasteiger charge is 2.24. The van der Waals surface area contributed by atoms with Gasteiger partial charge in [0.25, 0.3) is 0 Å². The summed E-state index contributed by atoms with van der Waals surface area (Å²) in [6.45, 7) is 12.4. The summed E-state index contributed by atoms with van der Waals surface area (Å²) < 4.78 is 28.1. The van der Waals surface area contributed by atoms with Crippen LogP contribution < -0.4 is 0 Å². The normalized spacial score (nSPS) is 10.3. The van der Waals surface area contributed by atoms with E-state index in [2.05, 4.69) is 72.6 Å². The molecule has 0 aliphatic heterocycles. The molecule has 0 saturated heterocycles. The van der Waals surface area contributed by atoms with E-state index in [0.717, 1.165) is 0 Å². The van der Waals surface area contributed by atoms with E-state index in [-0.39, 0.29) is 23.8 Å². The second kappa shape index (κ2) is 20.1. The molecule has 0 heterocycles. The molecule has 0 amide bonds. The number of nitrogens with zero attached hydrogens (tertiary/aromatic N) is 2. The molecule has 0 atom stereocenters. The molecule has 0 aromatic heterocycles. The lowest BCUT2D eigenvalue weighted by Gasteiger charge is -2.21. The first-order valence-electron chi connectivity index (χ1n) is 12.3. The summed E-state index contributed by atoms with van der Waals surface area (Å²) in [5.41, 5.74) is -0.140. The van der Waals surface area contributed by atoms with Gasteiger partial charge in [0.1, 0.15) is 16.6 Å². The number of hydrogen-bond acceptors (Lipinski definition) is 6. The molecule has 0 aliphatic rings. The minimum atomic E-state index is -3.98. The molecule has 0 spiro atoms. The number of aromatic hydroxyl groups is 1. The van der Waals surface area contributed by atoms with Crippen LogP contribution in [0.1, 0.15) is 61.8 Å². The first-order chi connectivity index (χ1) is 17.3. The zero-order valence-electron chi connectivity index (χ0n) is 22.5. The van der Waals surface area contributed by atoms with Crippen LogP contribution in [-0.2, 0) is 0 Å². The van der Waals surface area contributed by atoms with Gasteiger partial charge >= 0.3 is 0 Å². The fourth-order valence-electron chi connectivity index (χ4n) is 2.83. The monoisotopic (exact) mass is 530 g/mol. The van der Waals surface area contributed by atoms with Gasteiger partial charge in [0.05, 0.1) is 4.90 Å². The van der Waals surface area contributed by atoms with E-state index in [1.165, 1.54) is 36.7 Å². The lowest BCUT2D eigenvalue weighted by Crippen LogP contribution is -1.96. The quantitative estimate of drug-likeness (QED) is 0.198. The maximum Gasteiger partial charge on any atom is 0.152 e. The zero-order chi connectivity index (χ0) is 27.6. The summed E-state index contributed by atoms with van der Waals surface area (Å²) in [6, 6.07) is 24.9. The third-order valence-corrected chi connectivity index (χ3v) is 5.52. The van der Waals surface area contributed by atoms with Gasteiger partial charge < -0.3 is 18.8 Å². The summed E-state index contributed by atoms with van der Waals surface area (Å²) in [6.07, 6.45) is 2.64. The van der Waals surface area contributed by atoms with Gasteiger partial charge in [-0.1, -0.05) is 135 Å². The predicted octanol–water partition coefficient (Wildman–Crippen LogP) is 11.2. The molecule has 206 valence electrons. The molecular weight excluding hydrogens is 484 g/mol. The summed E-state index contributed by atoms with van der Waals surface area (Å²) in [7, 11) is -2.61. The van der Waals surface area contributed by atoms with Crippen LogP contribution >= 0.6 is 10.9 Å². The van der Waals surface area contributed by atoms with Crippen molar-refractivity contribution >= 4 is 38.1 Å². The Kier molecular flexibility index (Phi) is 19.7. The number of rotatable bonds is 3. The topological polar surface area (TPSA) is 106 Å². The van der Waals surface area contributed by atoms with Crippen LogP contribution in [0.4, 0.5) is 5.69 Å². The highest BCUT2D eigenvalue weighted by Crippen LogP contribution is 2.53. The van der Waals surface area contributed by atoms with Crippen molar-refractivity contribution in [3.63, 3.8) is 0 Å². The molecule has 4 aromatic carbocycles.